The first-order valence-corrected chi connectivity index (χ1v) is 6.42. The van der Waals surface area contributed by atoms with Crippen molar-refractivity contribution in [3.05, 3.63) is 11.7 Å². The van der Waals surface area contributed by atoms with Gasteiger partial charge in [-0.2, -0.15) is 4.98 Å². The van der Waals surface area contributed by atoms with Gasteiger partial charge in [0.05, 0.1) is 0 Å². The Kier molecular flexibility index (Phi) is 4.34. The van der Waals surface area contributed by atoms with Gasteiger partial charge in [0, 0.05) is 12.3 Å². The predicted molar refractivity (Wildman–Crippen MR) is 62.1 cm³/mol. The van der Waals surface area contributed by atoms with Gasteiger partial charge in [-0.1, -0.05) is 24.4 Å². The number of aryl methyl sites for hydroxylation is 1. The van der Waals surface area contributed by atoms with Gasteiger partial charge in [0.15, 0.2) is 5.82 Å². The molecule has 1 aromatic rings. The van der Waals surface area contributed by atoms with Gasteiger partial charge < -0.3 is 10.3 Å². The Morgan fingerprint density at radius 3 is 2.75 bits per heavy atom. The Bertz CT molecular complexity index is 305. The molecular weight excluding hydrogens is 202 g/mol. The zero-order valence-corrected chi connectivity index (χ0v) is 9.82. The fraction of sp³-hybridized carbons (Fsp3) is 0.833. The minimum absolute atomic E-state index is 0.542. The molecule has 0 aliphatic heterocycles. The van der Waals surface area contributed by atoms with Crippen molar-refractivity contribution in [1.29, 1.82) is 0 Å². The fourth-order valence-electron chi connectivity index (χ4n) is 2.32. The summed E-state index contributed by atoms with van der Waals surface area (Å²) in [6.07, 6.45) is 9.37. The third-order valence-corrected chi connectivity index (χ3v) is 3.30. The molecule has 16 heavy (non-hydrogen) atoms. The number of hydrogen-bond donors (Lipinski definition) is 1. The van der Waals surface area contributed by atoms with Crippen molar-refractivity contribution in [2.24, 2.45) is 5.73 Å². The zero-order chi connectivity index (χ0) is 11.2. The van der Waals surface area contributed by atoms with Crippen LogP contribution in [0.15, 0.2) is 4.52 Å². The molecule has 90 valence electrons. The largest absolute Gasteiger partial charge is 0.339 e. The van der Waals surface area contributed by atoms with E-state index in [-0.39, 0.29) is 0 Å². The summed E-state index contributed by atoms with van der Waals surface area (Å²) < 4.78 is 5.26. The number of unbranched alkanes of at least 4 members (excludes halogenated alkanes) is 1. The normalized spacial score (nSPS) is 17.8. The van der Waals surface area contributed by atoms with Crippen LogP contribution < -0.4 is 5.73 Å². The average molecular weight is 223 g/mol. The highest BCUT2D eigenvalue weighted by Gasteiger charge is 2.20. The SMILES string of the molecule is NCCCCc1nc(C2CCCCC2)no1. The first kappa shape index (κ1) is 11.6. The average Bonchev–Trinajstić information content (AvgIpc) is 2.79. The molecule has 1 saturated carbocycles. The molecule has 2 rings (SSSR count). The molecule has 0 bridgehead atoms. The third kappa shape index (κ3) is 3.04. The van der Waals surface area contributed by atoms with E-state index in [1.54, 1.807) is 0 Å². The van der Waals surface area contributed by atoms with Gasteiger partial charge in [0.25, 0.3) is 0 Å². The molecule has 0 amide bonds. The molecule has 0 radical (unpaired) electrons. The summed E-state index contributed by atoms with van der Waals surface area (Å²) in [4.78, 5) is 4.49. The first-order chi connectivity index (χ1) is 7.90. The molecule has 1 aliphatic carbocycles. The van der Waals surface area contributed by atoms with E-state index in [1.165, 1.54) is 32.1 Å². The Morgan fingerprint density at radius 2 is 2.00 bits per heavy atom. The molecule has 1 aliphatic rings. The molecule has 0 unspecified atom stereocenters. The van der Waals surface area contributed by atoms with E-state index in [2.05, 4.69) is 10.1 Å². The van der Waals surface area contributed by atoms with Crippen LogP contribution in [0.25, 0.3) is 0 Å². The Balaban J connectivity index is 1.85. The summed E-state index contributed by atoms with van der Waals surface area (Å²) in [6.45, 7) is 0.740. The molecule has 0 atom stereocenters. The summed E-state index contributed by atoms with van der Waals surface area (Å²) >= 11 is 0. The van der Waals surface area contributed by atoms with Crippen molar-refractivity contribution in [3.63, 3.8) is 0 Å². The van der Waals surface area contributed by atoms with Gasteiger partial charge in [-0.05, 0) is 32.2 Å². The van der Waals surface area contributed by atoms with Gasteiger partial charge in [0.1, 0.15) is 0 Å². The van der Waals surface area contributed by atoms with Crippen LogP contribution in [0, 0.1) is 0 Å². The van der Waals surface area contributed by atoms with Gasteiger partial charge in [-0.3, -0.25) is 0 Å². The van der Waals surface area contributed by atoms with Crippen molar-refractivity contribution in [3.8, 4) is 0 Å². The molecule has 0 aromatic carbocycles. The minimum Gasteiger partial charge on any atom is -0.339 e. The maximum absolute atomic E-state index is 5.45. The number of aromatic nitrogens is 2. The van der Waals surface area contributed by atoms with E-state index >= 15 is 0 Å². The lowest BCUT2D eigenvalue weighted by atomic mass is 9.89. The van der Waals surface area contributed by atoms with Crippen LogP contribution in [-0.2, 0) is 6.42 Å². The second-order valence-electron chi connectivity index (χ2n) is 4.63. The molecule has 1 aromatic heterocycles. The van der Waals surface area contributed by atoms with E-state index in [1.807, 2.05) is 0 Å². The number of nitrogens with zero attached hydrogens (tertiary/aromatic N) is 2. The highest BCUT2D eigenvalue weighted by atomic mass is 16.5. The van der Waals surface area contributed by atoms with Crippen LogP contribution >= 0.6 is 0 Å². The van der Waals surface area contributed by atoms with E-state index in [0.29, 0.717) is 5.92 Å². The van der Waals surface area contributed by atoms with E-state index < -0.39 is 0 Å². The zero-order valence-electron chi connectivity index (χ0n) is 9.82. The maximum Gasteiger partial charge on any atom is 0.226 e. The highest BCUT2D eigenvalue weighted by Crippen LogP contribution is 2.30. The summed E-state index contributed by atoms with van der Waals surface area (Å²) in [5.41, 5.74) is 5.45. The second-order valence-corrected chi connectivity index (χ2v) is 4.63. The van der Waals surface area contributed by atoms with E-state index in [0.717, 1.165) is 37.5 Å². The topological polar surface area (TPSA) is 64.9 Å². The molecule has 0 saturated heterocycles. The van der Waals surface area contributed by atoms with E-state index in [9.17, 15) is 0 Å². The van der Waals surface area contributed by atoms with Crippen molar-refractivity contribution >= 4 is 0 Å². The molecule has 2 N–H and O–H groups in total. The van der Waals surface area contributed by atoms with Gasteiger partial charge in [-0.15, -0.1) is 0 Å². The van der Waals surface area contributed by atoms with Crippen LogP contribution in [0.1, 0.15) is 62.6 Å². The standard InChI is InChI=1S/C12H21N3O/c13-9-5-4-8-11-14-12(15-16-11)10-6-2-1-3-7-10/h10H,1-9,13H2. The Morgan fingerprint density at radius 1 is 1.19 bits per heavy atom. The van der Waals surface area contributed by atoms with Crippen LogP contribution in [-0.4, -0.2) is 16.7 Å². The predicted octanol–water partition coefficient (Wildman–Crippen LogP) is 2.40. The fourth-order valence-corrected chi connectivity index (χ4v) is 2.32. The molecule has 0 spiro atoms. The van der Waals surface area contributed by atoms with Crippen molar-refractivity contribution < 1.29 is 4.52 Å². The monoisotopic (exact) mass is 223 g/mol. The molecule has 1 fully saturated rings. The van der Waals surface area contributed by atoms with Gasteiger partial charge in [-0.25, -0.2) is 0 Å². The number of hydrogen-bond acceptors (Lipinski definition) is 4. The molecule has 4 nitrogen and oxygen atoms in total. The number of rotatable bonds is 5. The highest BCUT2D eigenvalue weighted by molar-refractivity contribution is 4.96. The second kappa shape index (κ2) is 5.99. The van der Waals surface area contributed by atoms with Gasteiger partial charge in [0.2, 0.25) is 5.89 Å². The summed E-state index contributed by atoms with van der Waals surface area (Å²) in [5, 5.41) is 4.10. The quantitative estimate of drug-likeness (QED) is 0.778. The third-order valence-electron chi connectivity index (χ3n) is 3.30. The smallest absolute Gasteiger partial charge is 0.226 e. The van der Waals surface area contributed by atoms with Crippen molar-refractivity contribution in [2.75, 3.05) is 6.54 Å². The minimum atomic E-state index is 0.542. The lowest BCUT2D eigenvalue weighted by molar-refractivity contribution is 0.355. The van der Waals surface area contributed by atoms with Crippen molar-refractivity contribution in [1.82, 2.24) is 10.1 Å². The first-order valence-electron chi connectivity index (χ1n) is 6.42. The lowest BCUT2D eigenvalue weighted by Crippen LogP contribution is -2.06. The lowest BCUT2D eigenvalue weighted by Gasteiger charge is -2.17. The summed E-state index contributed by atoms with van der Waals surface area (Å²) in [5.74, 6) is 2.26. The number of nitrogens with two attached hydrogens (primary N) is 1. The van der Waals surface area contributed by atoms with E-state index in [4.69, 9.17) is 10.3 Å². The molecule has 4 heteroatoms. The molecular formula is C12H21N3O. The van der Waals surface area contributed by atoms with Crippen LogP contribution in [0.2, 0.25) is 0 Å². The van der Waals surface area contributed by atoms with Crippen LogP contribution in [0.4, 0.5) is 0 Å². The van der Waals surface area contributed by atoms with Crippen LogP contribution in [0.3, 0.4) is 0 Å². The van der Waals surface area contributed by atoms with Crippen LogP contribution in [0.5, 0.6) is 0 Å². The van der Waals surface area contributed by atoms with Crippen molar-refractivity contribution in [2.45, 2.75) is 57.3 Å². The summed E-state index contributed by atoms with van der Waals surface area (Å²) in [6, 6.07) is 0. The summed E-state index contributed by atoms with van der Waals surface area (Å²) in [7, 11) is 0. The maximum atomic E-state index is 5.45. The Labute approximate surface area is 96.6 Å². The van der Waals surface area contributed by atoms with Gasteiger partial charge >= 0.3 is 0 Å². The Hall–Kier alpha value is -0.900. The molecule has 1 heterocycles.